The van der Waals surface area contributed by atoms with E-state index in [-0.39, 0.29) is 5.43 Å². The Morgan fingerprint density at radius 3 is 2.39 bits per heavy atom. The molecule has 0 bridgehead atoms. The number of para-hydroxylation sites is 1. The molecule has 1 aliphatic carbocycles. The number of nitrogens with zero attached hydrogens (tertiary/aromatic N) is 1. The number of hydrogen-bond donors (Lipinski definition) is 0. The Hall–Kier alpha value is -2.09. The quantitative estimate of drug-likeness (QED) is 0.606. The van der Waals surface area contributed by atoms with Crippen LogP contribution in [0.15, 0.2) is 41.2 Å². The van der Waals surface area contributed by atoms with E-state index in [1.54, 1.807) is 0 Å². The number of unbranched alkanes of at least 4 members (excludes halogenated alkanes) is 1. The third-order valence-electron chi connectivity index (χ3n) is 4.74. The first-order valence-electron chi connectivity index (χ1n) is 8.78. The Morgan fingerprint density at radius 2 is 1.70 bits per heavy atom. The Morgan fingerprint density at radius 1 is 0.957 bits per heavy atom. The molecule has 0 spiro atoms. The predicted molar refractivity (Wildman–Crippen MR) is 98.5 cm³/mol. The van der Waals surface area contributed by atoms with E-state index in [1.165, 1.54) is 11.1 Å². The Labute approximate surface area is 138 Å². The maximum Gasteiger partial charge on any atom is 0.191 e. The highest BCUT2D eigenvalue weighted by atomic mass is 16.1. The molecule has 2 nitrogen and oxygen atoms in total. The highest BCUT2D eigenvalue weighted by molar-refractivity contribution is 5.87. The zero-order valence-corrected chi connectivity index (χ0v) is 14.4. The molecule has 0 aromatic heterocycles. The zero-order valence-electron chi connectivity index (χ0n) is 14.4. The van der Waals surface area contributed by atoms with Crippen LogP contribution in [-0.4, -0.2) is 4.57 Å². The lowest BCUT2D eigenvalue weighted by atomic mass is 9.94. The highest BCUT2D eigenvalue weighted by Gasteiger charge is 2.19. The van der Waals surface area contributed by atoms with Crippen LogP contribution in [0.25, 0.3) is 22.2 Å². The summed E-state index contributed by atoms with van der Waals surface area (Å²) < 4.78 is 2.37. The van der Waals surface area contributed by atoms with Gasteiger partial charge >= 0.3 is 0 Å². The van der Waals surface area contributed by atoms with Crippen LogP contribution in [0.2, 0.25) is 0 Å². The van der Waals surface area contributed by atoms with Crippen LogP contribution in [0.3, 0.4) is 0 Å². The molecular formula is C21H25NO. The molecule has 2 aliphatic rings. The zero-order chi connectivity index (χ0) is 16.4. The minimum atomic E-state index is 0.204. The van der Waals surface area contributed by atoms with Crippen LogP contribution in [0.4, 0.5) is 0 Å². The fourth-order valence-electron chi connectivity index (χ4n) is 3.46. The number of pyridine rings is 1. The van der Waals surface area contributed by atoms with Crippen molar-refractivity contribution in [1.82, 2.24) is 4.57 Å². The van der Waals surface area contributed by atoms with E-state index in [9.17, 15) is 4.79 Å². The normalized spacial score (nSPS) is 11.4. The standard InChI is InChI=1S/C21H25NO/c1-4-7-12-22-19-11-9-8-10-17(19)14-18-20(22)15(5-2)13-16(6-3)21(18)23/h8-11,13-14H,4-7,12H2,1-3H3. The van der Waals surface area contributed by atoms with Gasteiger partial charge in [0, 0.05) is 23.2 Å². The number of aromatic nitrogens is 1. The van der Waals surface area contributed by atoms with Crippen molar-refractivity contribution < 1.29 is 0 Å². The van der Waals surface area contributed by atoms with Crippen molar-refractivity contribution in [3.05, 3.63) is 57.7 Å². The van der Waals surface area contributed by atoms with E-state index in [0.717, 1.165) is 54.4 Å². The molecule has 0 radical (unpaired) electrons. The van der Waals surface area contributed by atoms with Gasteiger partial charge in [0.25, 0.3) is 0 Å². The molecule has 0 unspecified atom stereocenters. The fraction of sp³-hybridized carbons (Fsp3) is 0.381. The molecule has 0 fully saturated rings. The van der Waals surface area contributed by atoms with E-state index >= 15 is 0 Å². The van der Waals surface area contributed by atoms with Gasteiger partial charge in [0.05, 0.1) is 5.69 Å². The summed E-state index contributed by atoms with van der Waals surface area (Å²) >= 11 is 0. The molecule has 3 rings (SSSR count). The molecule has 23 heavy (non-hydrogen) atoms. The van der Waals surface area contributed by atoms with E-state index in [2.05, 4.69) is 55.7 Å². The maximum atomic E-state index is 12.9. The number of fused-ring (bicyclic) bond motifs is 2. The summed E-state index contributed by atoms with van der Waals surface area (Å²) in [5, 5.41) is 1.16. The smallest absolute Gasteiger partial charge is 0.191 e. The van der Waals surface area contributed by atoms with Crippen molar-refractivity contribution in [2.24, 2.45) is 0 Å². The summed E-state index contributed by atoms with van der Waals surface area (Å²) in [5.41, 5.74) is 5.69. The number of hydrogen-bond acceptors (Lipinski definition) is 1. The summed E-state index contributed by atoms with van der Waals surface area (Å²) in [6.45, 7) is 7.42. The SMILES string of the molecule is CCCCn1c2c(CC)cc(CC)c(=O)c-2cc2ccccc21. The first kappa shape index (κ1) is 15.8. The fourth-order valence-corrected chi connectivity index (χ4v) is 3.46. The third kappa shape index (κ3) is 2.67. The Kier molecular flexibility index (Phi) is 4.51. The van der Waals surface area contributed by atoms with Crippen LogP contribution in [0.5, 0.6) is 0 Å². The van der Waals surface area contributed by atoms with Gasteiger partial charge in [-0.1, -0.05) is 45.4 Å². The first-order chi connectivity index (χ1) is 11.2. The first-order valence-corrected chi connectivity index (χ1v) is 8.78. The predicted octanol–water partition coefficient (Wildman–Crippen LogP) is 5.03. The molecule has 0 saturated carbocycles. The highest BCUT2D eigenvalue weighted by Crippen LogP contribution is 2.30. The topological polar surface area (TPSA) is 22.0 Å². The molecule has 0 atom stereocenters. The minimum Gasteiger partial charge on any atom is -0.340 e. The maximum absolute atomic E-state index is 12.9. The molecule has 0 amide bonds. The van der Waals surface area contributed by atoms with Crippen LogP contribution in [0.1, 0.15) is 44.7 Å². The van der Waals surface area contributed by atoms with E-state index in [4.69, 9.17) is 0 Å². The Bertz CT molecular complexity index is 860. The monoisotopic (exact) mass is 307 g/mol. The molecule has 2 heteroatoms. The molecule has 0 saturated heterocycles. The van der Waals surface area contributed by atoms with Crippen LogP contribution < -0.4 is 5.43 Å². The van der Waals surface area contributed by atoms with Crippen molar-refractivity contribution in [3.8, 4) is 11.3 Å². The number of benzene rings is 2. The lowest BCUT2D eigenvalue weighted by Gasteiger charge is -2.22. The van der Waals surface area contributed by atoms with Gasteiger partial charge in [0.1, 0.15) is 0 Å². The van der Waals surface area contributed by atoms with Crippen molar-refractivity contribution in [2.75, 3.05) is 0 Å². The van der Waals surface area contributed by atoms with Gasteiger partial charge in [-0.25, -0.2) is 0 Å². The minimum absolute atomic E-state index is 0.204. The average molecular weight is 307 g/mol. The lowest BCUT2D eigenvalue weighted by molar-refractivity contribution is 0.648. The largest absolute Gasteiger partial charge is 0.340 e. The van der Waals surface area contributed by atoms with Gasteiger partial charge in [-0.15, -0.1) is 0 Å². The molecule has 1 heterocycles. The van der Waals surface area contributed by atoms with Crippen LogP contribution in [0, 0.1) is 0 Å². The second-order valence-electron chi connectivity index (χ2n) is 6.20. The van der Waals surface area contributed by atoms with Crippen molar-refractivity contribution in [1.29, 1.82) is 0 Å². The molecule has 1 aromatic rings. The van der Waals surface area contributed by atoms with Gasteiger partial charge in [0.2, 0.25) is 0 Å². The van der Waals surface area contributed by atoms with Crippen molar-refractivity contribution in [3.63, 3.8) is 0 Å². The summed E-state index contributed by atoms with van der Waals surface area (Å²) in [6, 6.07) is 12.6. The molecular weight excluding hydrogens is 282 g/mol. The molecule has 1 aliphatic heterocycles. The van der Waals surface area contributed by atoms with Crippen LogP contribution >= 0.6 is 0 Å². The summed E-state index contributed by atoms with van der Waals surface area (Å²) in [6.07, 6.45) is 4.02. The van der Waals surface area contributed by atoms with Gasteiger partial charge in [-0.05, 0) is 48.4 Å². The molecule has 120 valence electrons. The Balaban J connectivity index is 2.46. The third-order valence-corrected chi connectivity index (χ3v) is 4.74. The number of aryl methyl sites for hydroxylation is 3. The second kappa shape index (κ2) is 6.57. The lowest BCUT2D eigenvalue weighted by Crippen LogP contribution is -2.19. The van der Waals surface area contributed by atoms with E-state index in [1.807, 2.05) is 6.07 Å². The number of rotatable bonds is 5. The summed E-state index contributed by atoms with van der Waals surface area (Å²) in [4.78, 5) is 12.9. The average Bonchev–Trinajstić information content (AvgIpc) is 2.59. The summed E-state index contributed by atoms with van der Waals surface area (Å²) in [7, 11) is 0. The van der Waals surface area contributed by atoms with Crippen molar-refractivity contribution in [2.45, 2.75) is 53.0 Å². The van der Waals surface area contributed by atoms with Gasteiger partial charge in [-0.3, -0.25) is 4.79 Å². The van der Waals surface area contributed by atoms with Gasteiger partial charge < -0.3 is 4.57 Å². The van der Waals surface area contributed by atoms with Gasteiger partial charge in [0.15, 0.2) is 5.43 Å². The van der Waals surface area contributed by atoms with Crippen LogP contribution in [-0.2, 0) is 19.4 Å². The second-order valence-corrected chi connectivity index (χ2v) is 6.20. The van der Waals surface area contributed by atoms with Crippen molar-refractivity contribution >= 4 is 10.9 Å². The molecule has 0 N–H and O–H groups in total. The summed E-state index contributed by atoms with van der Waals surface area (Å²) in [5.74, 6) is 0. The molecule has 1 aromatic carbocycles. The van der Waals surface area contributed by atoms with E-state index < -0.39 is 0 Å². The van der Waals surface area contributed by atoms with Gasteiger partial charge in [-0.2, -0.15) is 0 Å². The van der Waals surface area contributed by atoms with E-state index in [0.29, 0.717) is 0 Å².